The molecule has 1 N–H and O–H groups in total. The van der Waals surface area contributed by atoms with Gasteiger partial charge in [0.05, 0.1) is 0 Å². The number of nitrogens with zero attached hydrogens (tertiary/aromatic N) is 1. The van der Waals surface area contributed by atoms with E-state index in [-0.39, 0.29) is 0 Å². The summed E-state index contributed by atoms with van der Waals surface area (Å²) in [5.74, 6) is 0.677. The summed E-state index contributed by atoms with van der Waals surface area (Å²) in [5, 5.41) is 6.08. The molecule has 106 valence electrons. The zero-order valence-electron chi connectivity index (χ0n) is 12.1. The van der Waals surface area contributed by atoms with Crippen LogP contribution < -0.4 is 10.2 Å². The Morgan fingerprint density at radius 3 is 2.60 bits per heavy atom. The van der Waals surface area contributed by atoms with Gasteiger partial charge in [0.25, 0.3) is 0 Å². The zero-order chi connectivity index (χ0) is 14.1. The van der Waals surface area contributed by atoms with Crippen LogP contribution in [0.15, 0.2) is 40.9 Å². The average molecular weight is 333 g/mol. The number of fused-ring (bicyclic) bond motifs is 1. The Balaban J connectivity index is 1.97. The number of hydrogen-bond donors (Lipinski definition) is 1. The molecule has 3 rings (SSSR count). The summed E-state index contributed by atoms with van der Waals surface area (Å²) in [4.78, 5) is 2.54. The molecule has 1 saturated heterocycles. The van der Waals surface area contributed by atoms with Crippen molar-refractivity contribution >= 4 is 32.4 Å². The normalized spacial score (nSPS) is 23.2. The van der Waals surface area contributed by atoms with Gasteiger partial charge in [0.1, 0.15) is 0 Å². The summed E-state index contributed by atoms with van der Waals surface area (Å²) in [6.45, 7) is 4.59. The van der Waals surface area contributed by atoms with Crippen molar-refractivity contribution in [3.05, 3.63) is 40.9 Å². The van der Waals surface area contributed by atoms with Crippen molar-refractivity contribution in [1.82, 2.24) is 5.32 Å². The van der Waals surface area contributed by atoms with Crippen LogP contribution in [0.3, 0.4) is 0 Å². The molecule has 1 fully saturated rings. The minimum atomic E-state index is 0.646. The van der Waals surface area contributed by atoms with Gasteiger partial charge >= 0.3 is 0 Å². The van der Waals surface area contributed by atoms with E-state index in [2.05, 4.69) is 76.5 Å². The van der Waals surface area contributed by atoms with Crippen molar-refractivity contribution in [2.24, 2.45) is 5.92 Å². The van der Waals surface area contributed by atoms with E-state index in [4.69, 9.17) is 0 Å². The Labute approximate surface area is 129 Å². The standard InChI is InChI=1S/C17H21BrN2/c1-12-11-20(10-9-16(12)19-2)17-8-7-15(18)13-5-3-4-6-14(13)17/h3-8,12,16,19H,9-11H2,1-2H3. The third-order valence-electron chi connectivity index (χ3n) is 4.46. The van der Waals surface area contributed by atoms with Gasteiger partial charge < -0.3 is 10.2 Å². The fourth-order valence-electron chi connectivity index (χ4n) is 3.32. The predicted octanol–water partition coefficient (Wildman–Crippen LogP) is 4.04. The summed E-state index contributed by atoms with van der Waals surface area (Å²) in [5.41, 5.74) is 1.37. The lowest BCUT2D eigenvalue weighted by Crippen LogP contribution is -2.47. The monoisotopic (exact) mass is 332 g/mol. The van der Waals surface area contributed by atoms with Gasteiger partial charge in [0, 0.05) is 34.7 Å². The number of halogens is 1. The van der Waals surface area contributed by atoms with Crippen LogP contribution in [-0.4, -0.2) is 26.2 Å². The molecule has 1 aliphatic heterocycles. The molecule has 0 bridgehead atoms. The van der Waals surface area contributed by atoms with Crippen LogP contribution in [0.2, 0.25) is 0 Å². The second-order valence-corrected chi connectivity index (χ2v) is 6.57. The SMILES string of the molecule is CNC1CCN(c2ccc(Br)c3ccccc23)CC1C. The fourth-order valence-corrected chi connectivity index (χ4v) is 3.79. The number of piperidine rings is 1. The Morgan fingerprint density at radius 1 is 1.15 bits per heavy atom. The number of hydrogen-bond acceptors (Lipinski definition) is 2. The van der Waals surface area contributed by atoms with E-state index in [9.17, 15) is 0 Å². The molecule has 0 aromatic heterocycles. The molecule has 2 aromatic rings. The minimum absolute atomic E-state index is 0.646. The summed E-state index contributed by atoms with van der Waals surface area (Å²) >= 11 is 3.66. The van der Waals surface area contributed by atoms with Gasteiger partial charge in [-0.1, -0.05) is 47.1 Å². The number of nitrogens with one attached hydrogen (secondary N) is 1. The molecule has 2 aromatic carbocycles. The second-order valence-electron chi connectivity index (χ2n) is 5.72. The van der Waals surface area contributed by atoms with Crippen molar-refractivity contribution in [3.8, 4) is 0 Å². The molecule has 0 aliphatic carbocycles. The van der Waals surface area contributed by atoms with E-state index in [1.54, 1.807) is 0 Å². The van der Waals surface area contributed by atoms with Crippen LogP contribution in [0.1, 0.15) is 13.3 Å². The van der Waals surface area contributed by atoms with Crippen LogP contribution in [0, 0.1) is 5.92 Å². The van der Waals surface area contributed by atoms with E-state index in [0.717, 1.165) is 13.1 Å². The smallest absolute Gasteiger partial charge is 0.0446 e. The third kappa shape index (κ3) is 2.45. The van der Waals surface area contributed by atoms with Crippen molar-refractivity contribution in [2.75, 3.05) is 25.0 Å². The van der Waals surface area contributed by atoms with Crippen LogP contribution >= 0.6 is 15.9 Å². The molecule has 1 heterocycles. The van der Waals surface area contributed by atoms with E-state index in [0.29, 0.717) is 12.0 Å². The van der Waals surface area contributed by atoms with Crippen molar-refractivity contribution in [2.45, 2.75) is 19.4 Å². The van der Waals surface area contributed by atoms with Crippen LogP contribution in [0.25, 0.3) is 10.8 Å². The number of anilines is 1. The van der Waals surface area contributed by atoms with Crippen molar-refractivity contribution in [3.63, 3.8) is 0 Å². The minimum Gasteiger partial charge on any atom is -0.371 e. The van der Waals surface area contributed by atoms with E-state index in [1.807, 2.05) is 0 Å². The lowest BCUT2D eigenvalue weighted by Gasteiger charge is -2.38. The largest absolute Gasteiger partial charge is 0.371 e. The Bertz CT molecular complexity index is 611. The van der Waals surface area contributed by atoms with E-state index < -0.39 is 0 Å². The molecule has 0 spiro atoms. The van der Waals surface area contributed by atoms with Crippen molar-refractivity contribution < 1.29 is 0 Å². The molecule has 2 nitrogen and oxygen atoms in total. The Morgan fingerprint density at radius 2 is 1.90 bits per heavy atom. The van der Waals surface area contributed by atoms with Gasteiger partial charge in [-0.05, 0) is 36.9 Å². The Kier molecular flexibility index (Phi) is 3.99. The molecular weight excluding hydrogens is 312 g/mol. The highest BCUT2D eigenvalue weighted by Crippen LogP contribution is 2.34. The Hall–Kier alpha value is -1.06. The lowest BCUT2D eigenvalue weighted by atomic mass is 9.93. The molecule has 20 heavy (non-hydrogen) atoms. The van der Waals surface area contributed by atoms with Gasteiger partial charge in [-0.25, -0.2) is 0 Å². The summed E-state index contributed by atoms with van der Waals surface area (Å²) < 4.78 is 1.18. The second kappa shape index (κ2) is 5.74. The molecule has 0 saturated carbocycles. The summed E-state index contributed by atoms with van der Waals surface area (Å²) in [6.07, 6.45) is 1.21. The maximum atomic E-state index is 3.66. The van der Waals surface area contributed by atoms with Gasteiger partial charge in [0.15, 0.2) is 0 Å². The lowest BCUT2D eigenvalue weighted by molar-refractivity contribution is 0.339. The number of benzene rings is 2. The first-order chi connectivity index (χ1) is 9.70. The number of rotatable bonds is 2. The first-order valence-electron chi connectivity index (χ1n) is 7.30. The van der Waals surface area contributed by atoms with Gasteiger partial charge in [0.2, 0.25) is 0 Å². The zero-order valence-corrected chi connectivity index (χ0v) is 13.7. The first kappa shape index (κ1) is 13.9. The molecule has 1 aliphatic rings. The van der Waals surface area contributed by atoms with E-state index >= 15 is 0 Å². The molecule has 2 atom stereocenters. The maximum absolute atomic E-state index is 3.66. The van der Waals surface area contributed by atoms with Crippen LogP contribution in [0.4, 0.5) is 5.69 Å². The first-order valence-corrected chi connectivity index (χ1v) is 8.09. The highest BCUT2D eigenvalue weighted by Gasteiger charge is 2.25. The van der Waals surface area contributed by atoms with Gasteiger partial charge in [-0.3, -0.25) is 0 Å². The van der Waals surface area contributed by atoms with Gasteiger partial charge in [-0.2, -0.15) is 0 Å². The van der Waals surface area contributed by atoms with E-state index in [1.165, 1.54) is 27.4 Å². The van der Waals surface area contributed by atoms with Crippen LogP contribution in [0.5, 0.6) is 0 Å². The highest BCUT2D eigenvalue weighted by molar-refractivity contribution is 9.10. The molecule has 0 radical (unpaired) electrons. The average Bonchev–Trinajstić information content (AvgIpc) is 2.48. The van der Waals surface area contributed by atoms with Crippen molar-refractivity contribution in [1.29, 1.82) is 0 Å². The molecule has 0 amide bonds. The summed E-state index contributed by atoms with van der Waals surface area (Å²) in [6, 6.07) is 13.7. The fraction of sp³-hybridized carbons (Fsp3) is 0.412. The quantitative estimate of drug-likeness (QED) is 0.892. The van der Waals surface area contributed by atoms with Crippen LogP contribution in [-0.2, 0) is 0 Å². The third-order valence-corrected chi connectivity index (χ3v) is 5.16. The molecule has 2 unspecified atom stereocenters. The molecular formula is C17H21BrN2. The summed E-state index contributed by atoms with van der Waals surface area (Å²) in [7, 11) is 2.08. The van der Waals surface area contributed by atoms with Gasteiger partial charge in [-0.15, -0.1) is 0 Å². The highest BCUT2D eigenvalue weighted by atomic mass is 79.9. The topological polar surface area (TPSA) is 15.3 Å². The molecule has 3 heteroatoms. The predicted molar refractivity (Wildman–Crippen MR) is 90.5 cm³/mol. The maximum Gasteiger partial charge on any atom is 0.0446 e.